The van der Waals surface area contributed by atoms with E-state index in [1.807, 2.05) is 30.3 Å². The monoisotopic (exact) mass is 358 g/mol. The summed E-state index contributed by atoms with van der Waals surface area (Å²) in [5, 5.41) is 13.5. The summed E-state index contributed by atoms with van der Waals surface area (Å²) >= 11 is 0. The molecule has 1 saturated carbocycles. The van der Waals surface area contributed by atoms with Crippen molar-refractivity contribution in [1.29, 1.82) is 0 Å². The molecule has 1 saturated heterocycles. The van der Waals surface area contributed by atoms with E-state index in [0.29, 0.717) is 25.9 Å². The molecule has 2 N–H and O–H groups in total. The van der Waals surface area contributed by atoms with Gasteiger partial charge in [0.25, 0.3) is 0 Å². The standard InChI is InChI=1S/C20H20F2N2O2/c21-16-6-7-18(17(22)8-16)23-19(25)24-11-13-9-20(26,10-14(13)12-24)15-4-2-1-3-5-15/h1-8,13-14,26H,9-12H2,(H,23,25)/t13-,14+,20-. The molecule has 2 aliphatic rings. The van der Waals surface area contributed by atoms with Crippen LogP contribution >= 0.6 is 0 Å². The number of nitrogens with one attached hydrogen (secondary N) is 1. The Morgan fingerprint density at radius 2 is 1.73 bits per heavy atom. The summed E-state index contributed by atoms with van der Waals surface area (Å²) < 4.78 is 26.7. The molecule has 2 fully saturated rings. The zero-order chi connectivity index (χ0) is 18.3. The van der Waals surface area contributed by atoms with Gasteiger partial charge < -0.3 is 15.3 Å². The van der Waals surface area contributed by atoms with Crippen LogP contribution in [0.4, 0.5) is 19.3 Å². The zero-order valence-electron chi connectivity index (χ0n) is 14.2. The first kappa shape index (κ1) is 17.0. The van der Waals surface area contributed by atoms with E-state index in [2.05, 4.69) is 5.32 Å². The summed E-state index contributed by atoms with van der Waals surface area (Å²) in [5.74, 6) is -1.05. The number of aliphatic hydroxyl groups is 1. The topological polar surface area (TPSA) is 52.6 Å². The van der Waals surface area contributed by atoms with E-state index >= 15 is 0 Å². The van der Waals surface area contributed by atoms with Crippen molar-refractivity contribution in [3.63, 3.8) is 0 Å². The van der Waals surface area contributed by atoms with Crippen molar-refractivity contribution in [1.82, 2.24) is 4.90 Å². The number of amides is 2. The highest BCUT2D eigenvalue weighted by atomic mass is 19.1. The van der Waals surface area contributed by atoms with Crippen LogP contribution < -0.4 is 5.32 Å². The average Bonchev–Trinajstić information content (AvgIpc) is 3.14. The van der Waals surface area contributed by atoms with Gasteiger partial charge in [-0.05, 0) is 42.4 Å². The minimum Gasteiger partial charge on any atom is -0.385 e. The van der Waals surface area contributed by atoms with Crippen molar-refractivity contribution >= 4 is 11.7 Å². The molecule has 0 aromatic heterocycles. The third-order valence-corrected chi connectivity index (χ3v) is 5.55. The Morgan fingerprint density at radius 1 is 1.08 bits per heavy atom. The van der Waals surface area contributed by atoms with Crippen LogP contribution in [0.5, 0.6) is 0 Å². The predicted octanol–water partition coefficient (Wildman–Crippen LogP) is 3.73. The van der Waals surface area contributed by atoms with Gasteiger partial charge in [0.2, 0.25) is 0 Å². The van der Waals surface area contributed by atoms with Gasteiger partial charge >= 0.3 is 6.03 Å². The van der Waals surface area contributed by atoms with Crippen LogP contribution in [0.15, 0.2) is 48.5 Å². The number of hydrogen-bond acceptors (Lipinski definition) is 2. The van der Waals surface area contributed by atoms with E-state index in [4.69, 9.17) is 0 Å². The van der Waals surface area contributed by atoms with Crippen molar-refractivity contribution in [2.45, 2.75) is 18.4 Å². The largest absolute Gasteiger partial charge is 0.385 e. The zero-order valence-corrected chi connectivity index (χ0v) is 14.2. The lowest BCUT2D eigenvalue weighted by molar-refractivity contribution is 0.0328. The number of halogens is 2. The number of urea groups is 1. The van der Waals surface area contributed by atoms with E-state index < -0.39 is 23.3 Å². The molecule has 0 bridgehead atoms. The predicted molar refractivity (Wildman–Crippen MR) is 93.5 cm³/mol. The van der Waals surface area contributed by atoms with Gasteiger partial charge in [0.15, 0.2) is 0 Å². The summed E-state index contributed by atoms with van der Waals surface area (Å²) in [6.45, 7) is 1.04. The fraction of sp³-hybridized carbons (Fsp3) is 0.350. The lowest BCUT2D eigenvalue weighted by atomic mass is 9.90. The van der Waals surface area contributed by atoms with Gasteiger partial charge in [-0.3, -0.25) is 0 Å². The van der Waals surface area contributed by atoms with Gasteiger partial charge in [-0.25, -0.2) is 13.6 Å². The van der Waals surface area contributed by atoms with E-state index in [0.717, 1.165) is 17.7 Å². The molecule has 4 nitrogen and oxygen atoms in total. The first-order chi connectivity index (χ1) is 12.4. The lowest BCUT2D eigenvalue weighted by Gasteiger charge is -2.26. The van der Waals surface area contributed by atoms with E-state index in [1.54, 1.807) is 4.90 Å². The molecule has 26 heavy (non-hydrogen) atoms. The van der Waals surface area contributed by atoms with Gasteiger partial charge in [0.05, 0.1) is 11.3 Å². The van der Waals surface area contributed by atoms with Crippen LogP contribution in [0.2, 0.25) is 0 Å². The molecule has 1 aliphatic carbocycles. The number of fused-ring (bicyclic) bond motifs is 1. The van der Waals surface area contributed by atoms with E-state index in [-0.39, 0.29) is 17.5 Å². The van der Waals surface area contributed by atoms with E-state index in [9.17, 15) is 18.7 Å². The van der Waals surface area contributed by atoms with Crippen LogP contribution in [-0.2, 0) is 5.60 Å². The van der Waals surface area contributed by atoms with Gasteiger partial charge in [-0.1, -0.05) is 30.3 Å². The quantitative estimate of drug-likeness (QED) is 0.860. The number of benzene rings is 2. The molecule has 0 spiro atoms. The molecule has 136 valence electrons. The third kappa shape index (κ3) is 3.05. The molecule has 2 amide bonds. The summed E-state index contributed by atoms with van der Waals surface area (Å²) in [7, 11) is 0. The second kappa shape index (κ2) is 6.36. The molecule has 0 radical (unpaired) electrons. The molecular formula is C20H20F2N2O2. The van der Waals surface area contributed by atoms with Crippen molar-refractivity contribution < 1.29 is 18.7 Å². The first-order valence-electron chi connectivity index (χ1n) is 8.73. The molecule has 2 aromatic carbocycles. The van der Waals surface area contributed by atoms with E-state index in [1.165, 1.54) is 6.07 Å². The smallest absolute Gasteiger partial charge is 0.321 e. The number of likely N-dealkylation sites (tertiary alicyclic amines) is 1. The summed E-state index contributed by atoms with van der Waals surface area (Å²) in [4.78, 5) is 14.0. The minimum absolute atomic E-state index is 0.0331. The molecule has 2 aromatic rings. The number of rotatable bonds is 2. The number of hydrogen-bond donors (Lipinski definition) is 2. The Kier molecular flexibility index (Phi) is 4.15. The molecule has 0 unspecified atom stereocenters. The van der Waals surface area contributed by atoms with Crippen molar-refractivity contribution in [3.8, 4) is 0 Å². The normalized spacial score (nSPS) is 27.4. The number of carbonyl (C=O) groups is 1. The highest BCUT2D eigenvalue weighted by Gasteiger charge is 2.49. The SMILES string of the molecule is O=C(Nc1ccc(F)cc1F)N1C[C@@H]2C[C@@](O)(c3ccccc3)C[C@@H]2C1. The fourth-order valence-corrected chi connectivity index (χ4v) is 4.29. The first-order valence-corrected chi connectivity index (χ1v) is 8.73. The summed E-state index contributed by atoms with van der Waals surface area (Å²) in [5.41, 5.74) is 0.0374. The second-order valence-electron chi connectivity index (χ2n) is 7.29. The van der Waals surface area contributed by atoms with Gasteiger partial charge in [-0.15, -0.1) is 0 Å². The Balaban J connectivity index is 1.41. The van der Waals surface area contributed by atoms with Crippen molar-refractivity contribution in [3.05, 3.63) is 65.7 Å². The minimum atomic E-state index is -0.845. The van der Waals surface area contributed by atoms with Gasteiger partial charge in [0, 0.05) is 19.2 Å². The van der Waals surface area contributed by atoms with Crippen LogP contribution in [0.1, 0.15) is 18.4 Å². The highest BCUT2D eigenvalue weighted by molar-refractivity contribution is 5.89. The Morgan fingerprint density at radius 3 is 2.35 bits per heavy atom. The summed E-state index contributed by atoms with van der Waals surface area (Å²) in [6.07, 6.45) is 1.22. The number of carbonyl (C=O) groups excluding carboxylic acids is 1. The Hall–Kier alpha value is -2.47. The summed E-state index contributed by atoms with van der Waals surface area (Å²) in [6, 6.07) is 12.3. The molecule has 4 rings (SSSR count). The second-order valence-corrected chi connectivity index (χ2v) is 7.29. The molecule has 1 aliphatic heterocycles. The number of anilines is 1. The van der Waals surface area contributed by atoms with Gasteiger partial charge in [-0.2, -0.15) is 0 Å². The fourth-order valence-electron chi connectivity index (χ4n) is 4.29. The van der Waals surface area contributed by atoms with Crippen molar-refractivity contribution in [2.75, 3.05) is 18.4 Å². The Labute approximate surface area is 150 Å². The molecule has 1 heterocycles. The number of nitrogens with zero attached hydrogens (tertiary/aromatic N) is 1. The molecular weight excluding hydrogens is 338 g/mol. The van der Waals surface area contributed by atoms with Crippen molar-refractivity contribution in [2.24, 2.45) is 11.8 Å². The van der Waals surface area contributed by atoms with Crippen LogP contribution in [0, 0.1) is 23.5 Å². The maximum absolute atomic E-state index is 13.7. The van der Waals surface area contributed by atoms with Crippen LogP contribution in [0.3, 0.4) is 0 Å². The van der Waals surface area contributed by atoms with Crippen LogP contribution in [0.25, 0.3) is 0 Å². The van der Waals surface area contributed by atoms with Crippen LogP contribution in [-0.4, -0.2) is 29.1 Å². The third-order valence-electron chi connectivity index (χ3n) is 5.55. The molecule has 3 atom stereocenters. The van der Waals surface area contributed by atoms with Gasteiger partial charge in [0.1, 0.15) is 11.6 Å². The maximum atomic E-state index is 13.7. The maximum Gasteiger partial charge on any atom is 0.321 e. The Bertz CT molecular complexity index is 814. The lowest BCUT2D eigenvalue weighted by Crippen LogP contribution is -2.35. The highest BCUT2D eigenvalue weighted by Crippen LogP contribution is 2.48. The average molecular weight is 358 g/mol. The molecule has 6 heteroatoms.